The fourth-order valence-electron chi connectivity index (χ4n) is 2.99. The minimum absolute atomic E-state index is 0.178. The molecule has 2 aromatic rings. The molecule has 0 saturated carbocycles. The zero-order chi connectivity index (χ0) is 18.8. The maximum absolute atomic E-state index is 12.8. The molecule has 1 unspecified atom stereocenters. The summed E-state index contributed by atoms with van der Waals surface area (Å²) in [5.74, 6) is 0.311. The van der Waals surface area contributed by atoms with E-state index in [2.05, 4.69) is 0 Å². The summed E-state index contributed by atoms with van der Waals surface area (Å²) >= 11 is 12.2. The fraction of sp³-hybridized carbons (Fsp3) is 0.263. The Balaban J connectivity index is 1.79. The van der Waals surface area contributed by atoms with E-state index in [1.807, 2.05) is 0 Å². The summed E-state index contributed by atoms with van der Waals surface area (Å²) in [4.78, 5) is 28.8. The molecule has 1 saturated heterocycles. The van der Waals surface area contributed by atoms with E-state index in [1.165, 1.54) is 0 Å². The van der Waals surface area contributed by atoms with Crippen LogP contribution in [-0.4, -0.2) is 43.0 Å². The van der Waals surface area contributed by atoms with E-state index in [0.29, 0.717) is 40.1 Å². The number of carbonyl (C=O) groups excluding carboxylic acids is 2. The Bertz CT molecular complexity index is 839. The van der Waals surface area contributed by atoms with Crippen LogP contribution < -0.4 is 9.64 Å². The first kappa shape index (κ1) is 18.5. The summed E-state index contributed by atoms with van der Waals surface area (Å²) in [5, 5.41) is 0.917. The average Bonchev–Trinajstić information content (AvgIpc) is 2.64. The van der Waals surface area contributed by atoms with Gasteiger partial charge in [-0.25, -0.2) is 0 Å². The first-order valence-corrected chi connectivity index (χ1v) is 8.89. The molecular formula is C19H18Cl2N2O3. The maximum Gasteiger partial charge on any atom is 0.254 e. The highest BCUT2D eigenvalue weighted by Crippen LogP contribution is 2.31. The number of ether oxygens (including phenoxy) is 1. The van der Waals surface area contributed by atoms with Crippen molar-refractivity contribution in [2.75, 3.05) is 25.1 Å². The molecule has 1 heterocycles. The third kappa shape index (κ3) is 3.50. The van der Waals surface area contributed by atoms with Crippen LogP contribution in [0, 0.1) is 0 Å². The Morgan fingerprint density at radius 2 is 1.81 bits per heavy atom. The van der Waals surface area contributed by atoms with Crippen LogP contribution in [0.3, 0.4) is 0 Å². The molecule has 0 radical (unpaired) electrons. The number of hydrogen-bond acceptors (Lipinski definition) is 3. The highest BCUT2D eigenvalue weighted by atomic mass is 35.5. The van der Waals surface area contributed by atoms with E-state index in [1.54, 1.807) is 66.3 Å². The van der Waals surface area contributed by atoms with Crippen LogP contribution in [0.4, 0.5) is 5.69 Å². The highest BCUT2D eigenvalue weighted by molar-refractivity contribution is 6.36. The maximum atomic E-state index is 12.8. The van der Waals surface area contributed by atoms with Crippen LogP contribution in [0.25, 0.3) is 0 Å². The monoisotopic (exact) mass is 392 g/mol. The minimum atomic E-state index is -0.593. The third-order valence-electron chi connectivity index (χ3n) is 4.45. The largest absolute Gasteiger partial charge is 0.497 e. The van der Waals surface area contributed by atoms with Crippen molar-refractivity contribution < 1.29 is 14.3 Å². The Labute approximate surface area is 162 Å². The summed E-state index contributed by atoms with van der Waals surface area (Å²) in [6, 6.07) is 11.3. The normalized spacial score (nSPS) is 17.4. The van der Waals surface area contributed by atoms with E-state index in [9.17, 15) is 9.59 Å². The van der Waals surface area contributed by atoms with Crippen LogP contribution >= 0.6 is 23.2 Å². The van der Waals surface area contributed by atoms with Crippen molar-refractivity contribution in [3.05, 3.63) is 58.1 Å². The number of carbonyl (C=O) groups is 2. The van der Waals surface area contributed by atoms with Gasteiger partial charge in [-0.15, -0.1) is 0 Å². The van der Waals surface area contributed by atoms with Crippen molar-refractivity contribution in [3.63, 3.8) is 0 Å². The highest BCUT2D eigenvalue weighted by Gasteiger charge is 2.36. The molecule has 0 aromatic heterocycles. The van der Waals surface area contributed by atoms with Gasteiger partial charge in [0.05, 0.1) is 17.8 Å². The summed E-state index contributed by atoms with van der Waals surface area (Å²) in [7, 11) is 1.57. The molecule has 1 fully saturated rings. The lowest BCUT2D eigenvalue weighted by Crippen LogP contribution is -2.57. The number of hydrogen-bond donors (Lipinski definition) is 0. The molecule has 3 rings (SSSR count). The molecule has 5 nitrogen and oxygen atoms in total. The van der Waals surface area contributed by atoms with Gasteiger partial charge in [-0.05, 0) is 49.4 Å². The smallest absolute Gasteiger partial charge is 0.254 e. The van der Waals surface area contributed by atoms with Crippen LogP contribution in [0.1, 0.15) is 17.3 Å². The lowest BCUT2D eigenvalue weighted by atomic mass is 10.1. The third-order valence-corrected chi connectivity index (χ3v) is 4.99. The van der Waals surface area contributed by atoms with Gasteiger partial charge in [0.15, 0.2) is 0 Å². The summed E-state index contributed by atoms with van der Waals surface area (Å²) in [5.41, 5.74) is 1.12. The first-order chi connectivity index (χ1) is 12.4. The molecule has 1 aliphatic rings. The molecule has 136 valence electrons. The molecule has 1 aliphatic heterocycles. The van der Waals surface area contributed by atoms with E-state index in [0.717, 1.165) is 0 Å². The van der Waals surface area contributed by atoms with Gasteiger partial charge in [0.25, 0.3) is 5.91 Å². The van der Waals surface area contributed by atoms with E-state index in [4.69, 9.17) is 27.9 Å². The van der Waals surface area contributed by atoms with Crippen molar-refractivity contribution in [1.29, 1.82) is 0 Å². The molecular weight excluding hydrogens is 375 g/mol. The summed E-state index contributed by atoms with van der Waals surface area (Å²) < 4.78 is 5.11. The molecule has 0 aliphatic carbocycles. The second kappa shape index (κ2) is 7.56. The van der Waals surface area contributed by atoms with Crippen LogP contribution in [0.2, 0.25) is 10.0 Å². The molecule has 7 heteroatoms. The Hall–Kier alpha value is -2.24. The average molecular weight is 393 g/mol. The van der Waals surface area contributed by atoms with Gasteiger partial charge in [-0.3, -0.25) is 9.59 Å². The van der Waals surface area contributed by atoms with Crippen molar-refractivity contribution in [2.24, 2.45) is 0 Å². The Morgan fingerprint density at radius 3 is 2.42 bits per heavy atom. The lowest BCUT2D eigenvalue weighted by molar-refractivity contribution is -0.124. The Morgan fingerprint density at radius 1 is 1.12 bits per heavy atom. The second-order valence-corrected chi connectivity index (χ2v) is 6.83. The van der Waals surface area contributed by atoms with E-state index < -0.39 is 6.04 Å². The van der Waals surface area contributed by atoms with Crippen molar-refractivity contribution in [2.45, 2.75) is 13.0 Å². The van der Waals surface area contributed by atoms with Gasteiger partial charge in [0.1, 0.15) is 11.8 Å². The number of anilines is 1. The van der Waals surface area contributed by atoms with E-state index in [-0.39, 0.29) is 11.8 Å². The zero-order valence-electron chi connectivity index (χ0n) is 14.4. The Kier molecular flexibility index (Phi) is 5.39. The van der Waals surface area contributed by atoms with Gasteiger partial charge in [0, 0.05) is 23.7 Å². The molecule has 26 heavy (non-hydrogen) atoms. The first-order valence-electron chi connectivity index (χ1n) is 8.14. The molecule has 0 N–H and O–H groups in total. The van der Waals surface area contributed by atoms with Gasteiger partial charge < -0.3 is 14.5 Å². The second-order valence-electron chi connectivity index (χ2n) is 5.99. The number of benzene rings is 2. The van der Waals surface area contributed by atoms with Crippen LogP contribution in [0.5, 0.6) is 5.75 Å². The van der Waals surface area contributed by atoms with Crippen molar-refractivity contribution in [1.82, 2.24) is 4.90 Å². The van der Waals surface area contributed by atoms with Gasteiger partial charge in [-0.2, -0.15) is 0 Å². The van der Waals surface area contributed by atoms with Crippen LogP contribution in [0.15, 0.2) is 42.5 Å². The van der Waals surface area contributed by atoms with Gasteiger partial charge in [-0.1, -0.05) is 23.2 Å². The number of rotatable bonds is 3. The predicted octanol–water partition coefficient (Wildman–Crippen LogP) is 3.88. The topological polar surface area (TPSA) is 49.9 Å². The fourth-order valence-corrected chi connectivity index (χ4v) is 3.50. The molecule has 2 aromatic carbocycles. The lowest BCUT2D eigenvalue weighted by Gasteiger charge is -2.39. The van der Waals surface area contributed by atoms with Gasteiger partial charge in [0.2, 0.25) is 5.91 Å². The standard InChI is InChI=1S/C19H18Cl2N2O3/c1-12-18(24)23(17-8-5-14(20)11-16(17)21)10-9-22(12)19(25)13-3-6-15(26-2)7-4-13/h3-8,11-12H,9-10H2,1-2H3. The number of nitrogens with zero attached hydrogens (tertiary/aromatic N) is 2. The van der Waals surface area contributed by atoms with E-state index >= 15 is 0 Å². The number of halogens is 2. The number of methoxy groups -OCH3 is 1. The number of piperazine rings is 1. The summed E-state index contributed by atoms with van der Waals surface area (Å²) in [6.45, 7) is 2.50. The molecule has 0 bridgehead atoms. The van der Waals surface area contributed by atoms with Crippen molar-refractivity contribution >= 4 is 40.7 Å². The predicted molar refractivity (Wildman–Crippen MR) is 102 cm³/mol. The minimum Gasteiger partial charge on any atom is -0.497 e. The molecule has 1 atom stereocenters. The van der Waals surface area contributed by atoms with Crippen LogP contribution in [-0.2, 0) is 4.79 Å². The SMILES string of the molecule is COc1ccc(C(=O)N2CCN(c3ccc(Cl)cc3Cl)C(=O)C2C)cc1. The summed E-state index contributed by atoms with van der Waals surface area (Å²) in [6.07, 6.45) is 0. The van der Waals surface area contributed by atoms with Gasteiger partial charge >= 0.3 is 0 Å². The number of amides is 2. The quantitative estimate of drug-likeness (QED) is 0.796. The molecule has 0 spiro atoms. The molecule has 2 amide bonds. The zero-order valence-corrected chi connectivity index (χ0v) is 15.9. The van der Waals surface area contributed by atoms with Crippen molar-refractivity contribution in [3.8, 4) is 5.75 Å².